The molecule has 15 heteroatoms. The minimum absolute atomic E-state index is 0.567. The molecular formula is C6H14O10S5. The van der Waals surface area contributed by atoms with Gasteiger partial charge in [0.25, 0.3) is 0 Å². The van der Waals surface area contributed by atoms with Crippen LogP contribution in [0.1, 0.15) is 0 Å². The Balaban J connectivity index is 5.29. The van der Waals surface area contributed by atoms with Gasteiger partial charge in [-0.05, 0) is 0 Å². The van der Waals surface area contributed by atoms with Gasteiger partial charge in [0.1, 0.15) is 0 Å². The Bertz CT molecular complexity index is 826. The third-order valence-corrected chi connectivity index (χ3v) is 13.5. The lowest BCUT2D eigenvalue weighted by Crippen LogP contribution is -2.29. The van der Waals surface area contributed by atoms with Crippen LogP contribution in [0.15, 0.2) is 0 Å². The minimum atomic E-state index is -4.75. The third-order valence-electron chi connectivity index (χ3n) is 1.51. The summed E-state index contributed by atoms with van der Waals surface area (Å²) in [6, 6.07) is 0. The summed E-state index contributed by atoms with van der Waals surface area (Å²) >= 11 is 0. The molecular weight excluding hydrogens is 392 g/mol. The lowest BCUT2D eigenvalue weighted by atomic mass is 11.8. The van der Waals surface area contributed by atoms with E-state index in [1.807, 2.05) is 0 Å². The van der Waals surface area contributed by atoms with Crippen molar-refractivity contribution in [3.05, 3.63) is 0 Å². The van der Waals surface area contributed by atoms with Crippen molar-refractivity contribution < 1.29 is 42.1 Å². The van der Waals surface area contributed by atoms with Gasteiger partial charge in [0.15, 0.2) is 69.5 Å². The monoisotopic (exact) mass is 406 g/mol. The molecule has 10 nitrogen and oxygen atoms in total. The SMILES string of the molecule is CS(=O)(=O)CS(=O)(=O)CS(=O)(=O)CS(=O)(=O)CS(C)(=O)=O. The molecule has 0 fully saturated rings. The third kappa shape index (κ3) is 11.0. The van der Waals surface area contributed by atoms with E-state index in [9.17, 15) is 42.1 Å². The molecule has 0 aromatic rings. The van der Waals surface area contributed by atoms with E-state index in [-0.39, 0.29) is 0 Å². The highest BCUT2D eigenvalue weighted by Gasteiger charge is 2.31. The number of sulfone groups is 5. The van der Waals surface area contributed by atoms with Gasteiger partial charge in [-0.2, -0.15) is 0 Å². The summed E-state index contributed by atoms with van der Waals surface area (Å²) in [5.74, 6) is 0. The molecule has 0 unspecified atom stereocenters. The van der Waals surface area contributed by atoms with Gasteiger partial charge in [-0.25, -0.2) is 42.1 Å². The van der Waals surface area contributed by atoms with Crippen molar-refractivity contribution in [3.63, 3.8) is 0 Å². The van der Waals surface area contributed by atoms with Crippen molar-refractivity contribution >= 4 is 49.2 Å². The first-order valence-corrected chi connectivity index (χ1v) is 14.4. The number of hydrogen-bond donors (Lipinski definition) is 0. The predicted octanol–water partition coefficient (Wildman–Crippen LogP) is -2.85. The Labute approximate surface area is 124 Å². The second kappa shape index (κ2) is 6.10. The molecule has 0 saturated carbocycles. The quantitative estimate of drug-likeness (QED) is 0.408. The van der Waals surface area contributed by atoms with Gasteiger partial charge >= 0.3 is 0 Å². The van der Waals surface area contributed by atoms with Crippen molar-refractivity contribution in [1.82, 2.24) is 0 Å². The molecule has 0 spiro atoms. The molecule has 0 aliphatic carbocycles. The molecule has 0 aliphatic heterocycles. The summed E-state index contributed by atoms with van der Waals surface area (Å²) in [5, 5.41) is -6.30. The van der Waals surface area contributed by atoms with Crippen LogP contribution >= 0.6 is 0 Å². The second-order valence-electron chi connectivity index (χ2n) is 4.55. The van der Waals surface area contributed by atoms with E-state index in [1.165, 1.54) is 0 Å². The Hall–Kier alpha value is -0.250. The largest absolute Gasteiger partial charge is 0.228 e. The van der Waals surface area contributed by atoms with E-state index in [0.717, 1.165) is 0 Å². The maximum atomic E-state index is 11.5. The van der Waals surface area contributed by atoms with Crippen molar-refractivity contribution in [2.75, 3.05) is 32.9 Å². The molecule has 0 heterocycles. The minimum Gasteiger partial charge on any atom is -0.228 e. The molecule has 0 bridgehead atoms. The fraction of sp³-hybridized carbons (Fsp3) is 1.00. The normalized spacial score (nSPS) is 15.0. The number of rotatable bonds is 8. The van der Waals surface area contributed by atoms with Crippen LogP contribution in [-0.2, 0) is 49.2 Å². The molecule has 0 aromatic carbocycles. The standard InChI is InChI=1S/C6H14O10S5/c1-17(7,8)3-19(11,12)5-21(15,16)6-20(13,14)4-18(2,9)10/h3-6H2,1-2H3. The Morgan fingerprint density at radius 2 is 0.619 bits per heavy atom. The molecule has 0 N–H and O–H groups in total. The zero-order valence-corrected chi connectivity index (χ0v) is 15.0. The highest BCUT2D eigenvalue weighted by molar-refractivity contribution is 8.19. The molecule has 0 radical (unpaired) electrons. The summed E-state index contributed by atoms with van der Waals surface area (Å²) in [4.78, 5) is 0. The molecule has 0 atom stereocenters. The smallest absolute Gasteiger partial charge is 0.179 e. The van der Waals surface area contributed by atoms with Crippen molar-refractivity contribution in [2.45, 2.75) is 0 Å². The van der Waals surface area contributed by atoms with Gasteiger partial charge < -0.3 is 0 Å². The van der Waals surface area contributed by atoms with Crippen LogP contribution in [0.2, 0.25) is 0 Å². The molecule has 0 aromatic heterocycles. The first-order chi connectivity index (χ1) is 8.83. The summed E-state index contributed by atoms with van der Waals surface area (Å²) in [7, 11) is -22.0. The average molecular weight is 407 g/mol. The maximum Gasteiger partial charge on any atom is 0.179 e. The highest BCUT2D eigenvalue weighted by atomic mass is 32.3. The van der Waals surface area contributed by atoms with Gasteiger partial charge in [-0.15, -0.1) is 0 Å². The summed E-state index contributed by atoms with van der Waals surface area (Å²) in [6.07, 6.45) is 1.13. The van der Waals surface area contributed by atoms with Crippen LogP contribution < -0.4 is 0 Å². The highest BCUT2D eigenvalue weighted by Crippen LogP contribution is 2.07. The Morgan fingerprint density at radius 3 is 0.810 bits per heavy atom. The summed E-state index contributed by atoms with van der Waals surface area (Å²) in [6.45, 7) is 0. The first-order valence-electron chi connectivity index (χ1n) is 4.79. The lowest BCUT2D eigenvalue weighted by molar-refractivity contribution is 0.588. The van der Waals surface area contributed by atoms with Crippen molar-refractivity contribution in [2.24, 2.45) is 0 Å². The molecule has 128 valence electrons. The predicted molar refractivity (Wildman–Crippen MR) is 75.9 cm³/mol. The fourth-order valence-corrected chi connectivity index (χ4v) is 13.6. The number of hydrogen-bond acceptors (Lipinski definition) is 10. The van der Waals surface area contributed by atoms with Crippen LogP contribution in [-0.4, -0.2) is 74.9 Å². The molecule has 21 heavy (non-hydrogen) atoms. The first kappa shape index (κ1) is 20.8. The Morgan fingerprint density at radius 1 is 0.429 bits per heavy atom. The zero-order valence-electron chi connectivity index (χ0n) is 11.0. The topological polar surface area (TPSA) is 171 Å². The van der Waals surface area contributed by atoms with E-state index in [0.29, 0.717) is 12.5 Å². The van der Waals surface area contributed by atoms with Gasteiger partial charge in [-0.3, -0.25) is 0 Å². The van der Waals surface area contributed by atoms with Gasteiger partial charge in [0.2, 0.25) is 0 Å². The molecule has 0 aliphatic rings. The van der Waals surface area contributed by atoms with Crippen LogP contribution in [0.3, 0.4) is 0 Å². The van der Waals surface area contributed by atoms with E-state index in [4.69, 9.17) is 0 Å². The van der Waals surface area contributed by atoms with Gasteiger partial charge in [0, 0.05) is 12.5 Å². The summed E-state index contributed by atoms with van der Waals surface area (Å²) in [5.41, 5.74) is 0. The lowest BCUT2D eigenvalue weighted by Gasteiger charge is -2.06. The van der Waals surface area contributed by atoms with Crippen molar-refractivity contribution in [1.29, 1.82) is 0 Å². The zero-order chi connectivity index (χ0) is 17.3. The van der Waals surface area contributed by atoms with Crippen LogP contribution in [0.4, 0.5) is 0 Å². The average Bonchev–Trinajstić information content (AvgIpc) is 1.83. The van der Waals surface area contributed by atoms with Crippen LogP contribution in [0, 0.1) is 0 Å². The molecule has 0 amide bonds. The van der Waals surface area contributed by atoms with E-state index in [2.05, 4.69) is 0 Å². The van der Waals surface area contributed by atoms with Crippen LogP contribution in [0.25, 0.3) is 0 Å². The van der Waals surface area contributed by atoms with Gasteiger partial charge in [0.05, 0.1) is 0 Å². The molecule has 0 rings (SSSR count). The van der Waals surface area contributed by atoms with Crippen LogP contribution in [0.5, 0.6) is 0 Å². The summed E-state index contributed by atoms with van der Waals surface area (Å²) < 4.78 is 112. The van der Waals surface area contributed by atoms with Gasteiger partial charge in [-0.1, -0.05) is 0 Å². The van der Waals surface area contributed by atoms with Crippen molar-refractivity contribution in [3.8, 4) is 0 Å². The fourth-order valence-electron chi connectivity index (χ4n) is 1.30. The molecule has 0 saturated heterocycles. The second-order valence-corrected chi connectivity index (χ2v) is 16.5. The van der Waals surface area contributed by atoms with E-state index >= 15 is 0 Å². The maximum absolute atomic E-state index is 11.5. The van der Waals surface area contributed by atoms with E-state index in [1.54, 1.807) is 0 Å². The Kier molecular flexibility index (Phi) is 6.02. The van der Waals surface area contributed by atoms with E-state index < -0.39 is 69.5 Å².